The van der Waals surface area contributed by atoms with E-state index in [0.717, 1.165) is 38.5 Å². The summed E-state index contributed by atoms with van der Waals surface area (Å²) in [6.07, 6.45) is 9.86. The summed E-state index contributed by atoms with van der Waals surface area (Å²) in [6.45, 7) is 10.2. The molecule has 0 saturated heterocycles. The van der Waals surface area contributed by atoms with Crippen LogP contribution in [0.1, 0.15) is 98.8 Å². The molecule has 4 fully saturated rings. The van der Waals surface area contributed by atoms with Gasteiger partial charge in [0.2, 0.25) is 5.91 Å². The lowest BCUT2D eigenvalue weighted by Crippen LogP contribution is -2.59. The van der Waals surface area contributed by atoms with Crippen LogP contribution < -0.4 is 5.32 Å². The molecule has 4 rings (SSSR count). The van der Waals surface area contributed by atoms with Gasteiger partial charge in [0.15, 0.2) is 6.79 Å². The molecule has 4 saturated carbocycles. The summed E-state index contributed by atoms with van der Waals surface area (Å²) in [7, 11) is -8.94. The van der Waals surface area contributed by atoms with Gasteiger partial charge in [0.1, 0.15) is 0 Å². The third kappa shape index (κ3) is 8.23. The number of nitrogens with one attached hydrogen (secondary N) is 1. The zero-order chi connectivity index (χ0) is 31.8. The molecule has 4 aliphatic rings. The zero-order valence-electron chi connectivity index (χ0n) is 26.4. The van der Waals surface area contributed by atoms with Gasteiger partial charge < -0.3 is 24.9 Å². The maximum atomic E-state index is 12.6. The van der Waals surface area contributed by atoms with Gasteiger partial charge >= 0.3 is 7.82 Å². The second kappa shape index (κ2) is 13.6. The quantitative estimate of drug-likeness (QED) is 0.128. The van der Waals surface area contributed by atoms with Crippen LogP contribution in [0.2, 0.25) is 0 Å². The monoisotopic (exact) mass is 651 g/mol. The Bertz CT molecular complexity index is 1130. The van der Waals surface area contributed by atoms with Crippen LogP contribution >= 0.6 is 7.82 Å². The first-order chi connectivity index (χ1) is 19.9. The van der Waals surface area contributed by atoms with Gasteiger partial charge in [-0.3, -0.25) is 9.32 Å². The van der Waals surface area contributed by atoms with Crippen LogP contribution in [0.25, 0.3) is 0 Å². The highest BCUT2D eigenvalue weighted by atomic mass is 32.2. The van der Waals surface area contributed by atoms with E-state index in [2.05, 4.69) is 48.6 Å². The molecule has 0 aromatic carbocycles. The van der Waals surface area contributed by atoms with E-state index in [0.29, 0.717) is 41.9 Å². The molecule has 0 aliphatic heterocycles. The maximum absolute atomic E-state index is 12.6. The molecule has 0 aromatic heterocycles. The third-order valence-corrected chi connectivity index (χ3v) is 13.4. The molecule has 13 heteroatoms. The standard InChI is InChI=1S/C30H54NO10PS/c1-19(2)41-26-17-21-16-22(32)10-12-29(21,4)25-11-13-30(5)23(7-8-24(30)28(25)26)20(3)6-9-27(33)31-14-15-43(37,38)40-18-39-42(34,35)36/h19-26,28,32H,6-18H2,1-5H3,(H,31,33)(H2,34,35,36). The van der Waals surface area contributed by atoms with E-state index in [1.807, 2.05) is 0 Å². The van der Waals surface area contributed by atoms with Crippen LogP contribution in [0.5, 0.6) is 0 Å². The van der Waals surface area contributed by atoms with Gasteiger partial charge in [-0.2, -0.15) is 8.42 Å². The highest BCUT2D eigenvalue weighted by Crippen LogP contribution is 2.68. The SMILES string of the molecule is CC(C)OC1CC2CC(O)CCC2(C)C2CCC3(C)C(C(C)CCC(=O)NCCS(=O)(=O)OCOP(=O)(O)O)CCC3C12. The van der Waals surface area contributed by atoms with Crippen molar-refractivity contribution in [1.29, 1.82) is 0 Å². The molecule has 0 heterocycles. The number of rotatable bonds is 13. The second-order valence-corrected chi connectivity index (χ2v) is 17.6. The number of aliphatic hydroxyl groups is 1. The Morgan fingerprint density at radius 3 is 2.37 bits per heavy atom. The molecule has 10 unspecified atom stereocenters. The van der Waals surface area contributed by atoms with E-state index in [1.54, 1.807) is 0 Å². The average Bonchev–Trinajstić information content (AvgIpc) is 3.24. The van der Waals surface area contributed by atoms with Gasteiger partial charge in [-0.1, -0.05) is 20.8 Å². The zero-order valence-corrected chi connectivity index (χ0v) is 28.2. The van der Waals surface area contributed by atoms with E-state index in [1.165, 1.54) is 19.3 Å². The smallest absolute Gasteiger partial charge is 0.393 e. The van der Waals surface area contributed by atoms with Crippen molar-refractivity contribution < 1.29 is 46.1 Å². The summed E-state index contributed by atoms with van der Waals surface area (Å²) >= 11 is 0. The number of aliphatic hydroxyl groups excluding tert-OH is 1. The summed E-state index contributed by atoms with van der Waals surface area (Å²) in [5, 5.41) is 13.1. The second-order valence-electron chi connectivity index (χ2n) is 14.6. The molecular weight excluding hydrogens is 597 g/mol. The minimum absolute atomic E-state index is 0.161. The molecular formula is C30H54NO10PS. The number of phosphoric acid groups is 1. The molecule has 4 aliphatic carbocycles. The molecule has 0 spiro atoms. The van der Waals surface area contributed by atoms with E-state index in [4.69, 9.17) is 14.5 Å². The number of carbonyl (C=O) groups is 1. The van der Waals surface area contributed by atoms with Crippen molar-refractivity contribution in [1.82, 2.24) is 5.32 Å². The van der Waals surface area contributed by atoms with Crippen LogP contribution in [-0.4, -0.2) is 66.6 Å². The van der Waals surface area contributed by atoms with Gasteiger partial charge in [-0.15, -0.1) is 0 Å². The predicted octanol–water partition coefficient (Wildman–Crippen LogP) is 4.36. The van der Waals surface area contributed by atoms with E-state index in [9.17, 15) is 22.9 Å². The van der Waals surface area contributed by atoms with Crippen molar-refractivity contribution >= 4 is 23.8 Å². The lowest BCUT2D eigenvalue weighted by Gasteiger charge is -2.63. The highest BCUT2D eigenvalue weighted by Gasteiger charge is 2.63. The van der Waals surface area contributed by atoms with Gasteiger partial charge in [-0.05, 0) is 118 Å². The van der Waals surface area contributed by atoms with Crippen molar-refractivity contribution in [2.45, 2.75) is 117 Å². The number of hydrogen-bond donors (Lipinski definition) is 4. The molecule has 0 radical (unpaired) electrons. The Balaban J connectivity index is 1.33. The summed E-state index contributed by atoms with van der Waals surface area (Å²) in [5.41, 5.74) is 0.447. The molecule has 0 aromatic rings. The summed E-state index contributed by atoms with van der Waals surface area (Å²) in [6, 6.07) is 0. The number of phosphoric ester groups is 1. The molecule has 4 N–H and O–H groups in total. The minimum atomic E-state index is -4.84. The van der Waals surface area contributed by atoms with Crippen molar-refractivity contribution in [3.8, 4) is 0 Å². The Morgan fingerprint density at radius 1 is 1.02 bits per heavy atom. The first-order valence-electron chi connectivity index (χ1n) is 16.1. The molecule has 11 nitrogen and oxygen atoms in total. The normalized spacial score (nSPS) is 38.7. The summed E-state index contributed by atoms with van der Waals surface area (Å²) < 4.78 is 49.5. The third-order valence-electron chi connectivity index (χ3n) is 11.8. The van der Waals surface area contributed by atoms with Crippen molar-refractivity contribution in [2.24, 2.45) is 46.3 Å². The highest BCUT2D eigenvalue weighted by molar-refractivity contribution is 7.86. The fraction of sp³-hybridized carbons (Fsp3) is 0.967. The minimum Gasteiger partial charge on any atom is -0.393 e. The average molecular weight is 652 g/mol. The topological polar surface area (TPSA) is 169 Å². The first-order valence-corrected chi connectivity index (χ1v) is 19.2. The molecule has 10 atom stereocenters. The number of hydrogen-bond acceptors (Lipinski definition) is 8. The first kappa shape index (κ1) is 35.3. The van der Waals surface area contributed by atoms with E-state index < -0.39 is 30.5 Å². The fourth-order valence-electron chi connectivity index (χ4n) is 9.83. The number of ether oxygens (including phenoxy) is 1. The van der Waals surface area contributed by atoms with Crippen LogP contribution in [0.15, 0.2) is 0 Å². The van der Waals surface area contributed by atoms with Crippen molar-refractivity contribution in [2.75, 3.05) is 19.1 Å². The number of fused-ring (bicyclic) bond motifs is 5. The van der Waals surface area contributed by atoms with Crippen LogP contribution in [0.4, 0.5) is 0 Å². The van der Waals surface area contributed by atoms with Crippen molar-refractivity contribution in [3.63, 3.8) is 0 Å². The Hall–Kier alpha value is -0.590. The molecule has 1 amide bonds. The van der Waals surface area contributed by atoms with Gasteiger partial charge in [0, 0.05) is 13.0 Å². The van der Waals surface area contributed by atoms with Gasteiger partial charge in [-0.25, -0.2) is 8.75 Å². The summed E-state index contributed by atoms with van der Waals surface area (Å²) in [5.74, 6) is 2.33. The summed E-state index contributed by atoms with van der Waals surface area (Å²) in [4.78, 5) is 29.8. The Kier molecular flexibility index (Phi) is 11.2. The largest absolute Gasteiger partial charge is 0.471 e. The lowest BCUT2D eigenvalue weighted by atomic mass is 9.43. The Morgan fingerprint density at radius 2 is 1.70 bits per heavy atom. The lowest BCUT2D eigenvalue weighted by molar-refractivity contribution is -0.196. The number of carbonyl (C=O) groups excluding carboxylic acids is 1. The molecule has 43 heavy (non-hydrogen) atoms. The molecule has 250 valence electrons. The van der Waals surface area contributed by atoms with Crippen LogP contribution in [0.3, 0.4) is 0 Å². The fourth-order valence-corrected chi connectivity index (χ4v) is 10.8. The maximum Gasteiger partial charge on any atom is 0.471 e. The molecule has 0 bridgehead atoms. The number of amides is 1. The van der Waals surface area contributed by atoms with E-state index in [-0.39, 0.29) is 41.6 Å². The van der Waals surface area contributed by atoms with E-state index >= 15 is 0 Å². The van der Waals surface area contributed by atoms with Crippen LogP contribution in [-0.2, 0) is 32.9 Å². The predicted molar refractivity (Wildman–Crippen MR) is 161 cm³/mol. The van der Waals surface area contributed by atoms with Gasteiger partial charge in [0.25, 0.3) is 10.1 Å². The van der Waals surface area contributed by atoms with Crippen molar-refractivity contribution in [3.05, 3.63) is 0 Å². The van der Waals surface area contributed by atoms with Gasteiger partial charge in [0.05, 0.1) is 24.1 Å². The Labute approximate surface area is 257 Å². The van der Waals surface area contributed by atoms with Crippen LogP contribution in [0, 0.1) is 46.3 Å².